The molecule has 110 valence electrons. The molecule has 1 aromatic rings. The van der Waals surface area contributed by atoms with Gasteiger partial charge in [0.2, 0.25) is 0 Å². The van der Waals surface area contributed by atoms with Crippen LogP contribution in [0.15, 0.2) is 23.3 Å². The first kappa shape index (κ1) is 16.5. The van der Waals surface area contributed by atoms with Gasteiger partial charge in [-0.3, -0.25) is 4.79 Å². The first-order chi connectivity index (χ1) is 9.31. The summed E-state index contributed by atoms with van der Waals surface area (Å²) in [6.07, 6.45) is -0.626. The zero-order chi connectivity index (χ0) is 15.3. The van der Waals surface area contributed by atoms with Gasteiger partial charge in [-0.05, 0) is 50.5 Å². The van der Waals surface area contributed by atoms with Crippen molar-refractivity contribution in [2.45, 2.75) is 40.7 Å². The van der Waals surface area contributed by atoms with Crippen LogP contribution in [0.5, 0.6) is 5.75 Å². The second-order valence-electron chi connectivity index (χ2n) is 5.05. The highest BCUT2D eigenvalue weighted by Crippen LogP contribution is 2.22. The molecular formula is C15H21ClN2O2. The number of benzene rings is 1. The molecule has 1 rings (SSSR count). The van der Waals surface area contributed by atoms with Crippen molar-refractivity contribution >= 4 is 23.2 Å². The van der Waals surface area contributed by atoms with E-state index in [9.17, 15) is 4.79 Å². The molecule has 1 unspecified atom stereocenters. The molecule has 1 atom stereocenters. The van der Waals surface area contributed by atoms with Crippen molar-refractivity contribution in [2.75, 3.05) is 0 Å². The molecule has 1 N–H and O–H groups in total. The minimum Gasteiger partial charge on any atom is -0.481 e. The van der Waals surface area contributed by atoms with Crippen molar-refractivity contribution < 1.29 is 9.53 Å². The molecule has 5 heteroatoms. The van der Waals surface area contributed by atoms with E-state index in [0.29, 0.717) is 16.7 Å². The Kier molecular flexibility index (Phi) is 6.02. The van der Waals surface area contributed by atoms with Gasteiger partial charge in [0.1, 0.15) is 5.75 Å². The lowest BCUT2D eigenvalue weighted by atomic mass is 10.1. The average molecular weight is 297 g/mol. The maximum absolute atomic E-state index is 11.9. The third-order valence-electron chi connectivity index (χ3n) is 2.99. The Morgan fingerprint density at radius 1 is 1.35 bits per heavy atom. The number of hydrazone groups is 1. The van der Waals surface area contributed by atoms with Crippen LogP contribution in [0.2, 0.25) is 5.02 Å². The molecule has 0 radical (unpaired) electrons. The number of ether oxygens (including phenoxy) is 1. The van der Waals surface area contributed by atoms with E-state index in [2.05, 4.69) is 10.5 Å². The predicted octanol–water partition coefficient (Wildman–Crippen LogP) is 3.56. The predicted molar refractivity (Wildman–Crippen MR) is 82.4 cm³/mol. The van der Waals surface area contributed by atoms with Crippen LogP contribution in [0.3, 0.4) is 0 Å². The van der Waals surface area contributed by atoms with Gasteiger partial charge >= 0.3 is 0 Å². The van der Waals surface area contributed by atoms with E-state index >= 15 is 0 Å². The average Bonchev–Trinajstić information content (AvgIpc) is 2.38. The van der Waals surface area contributed by atoms with Crippen LogP contribution in [0.4, 0.5) is 0 Å². The molecule has 1 amide bonds. The Hall–Kier alpha value is -1.55. The quantitative estimate of drug-likeness (QED) is 0.667. The monoisotopic (exact) mass is 296 g/mol. The Morgan fingerprint density at radius 3 is 2.55 bits per heavy atom. The smallest absolute Gasteiger partial charge is 0.280 e. The summed E-state index contributed by atoms with van der Waals surface area (Å²) in [6.45, 7) is 9.47. The van der Waals surface area contributed by atoms with Gasteiger partial charge in [0.05, 0.1) is 0 Å². The van der Waals surface area contributed by atoms with E-state index in [0.717, 1.165) is 11.3 Å². The fourth-order valence-corrected chi connectivity index (χ4v) is 1.58. The summed E-state index contributed by atoms with van der Waals surface area (Å²) in [5.74, 6) is 0.658. The zero-order valence-corrected chi connectivity index (χ0v) is 13.3. The van der Waals surface area contributed by atoms with E-state index in [1.807, 2.05) is 27.7 Å². The number of hydrogen-bond acceptors (Lipinski definition) is 3. The van der Waals surface area contributed by atoms with E-state index < -0.39 is 6.10 Å². The molecule has 0 aliphatic carbocycles. The number of carbonyl (C=O) groups excluding carboxylic acids is 1. The Bertz CT molecular complexity index is 513. The molecule has 0 heterocycles. The van der Waals surface area contributed by atoms with Crippen molar-refractivity contribution in [2.24, 2.45) is 11.0 Å². The molecule has 0 bridgehead atoms. The van der Waals surface area contributed by atoms with Gasteiger partial charge in [-0.1, -0.05) is 25.4 Å². The number of hydrogen-bond donors (Lipinski definition) is 1. The molecule has 0 aliphatic heterocycles. The summed E-state index contributed by atoms with van der Waals surface area (Å²) in [7, 11) is 0. The Labute approximate surface area is 125 Å². The van der Waals surface area contributed by atoms with Gasteiger partial charge in [-0.15, -0.1) is 0 Å². The zero-order valence-electron chi connectivity index (χ0n) is 12.5. The van der Waals surface area contributed by atoms with Crippen LogP contribution in [0.1, 0.15) is 33.3 Å². The van der Waals surface area contributed by atoms with E-state index in [4.69, 9.17) is 16.3 Å². The maximum Gasteiger partial charge on any atom is 0.280 e. The Balaban J connectivity index is 2.64. The van der Waals surface area contributed by atoms with Crippen LogP contribution in [-0.4, -0.2) is 17.7 Å². The molecule has 0 aromatic heterocycles. The van der Waals surface area contributed by atoms with Crippen LogP contribution < -0.4 is 10.2 Å². The number of aryl methyl sites for hydroxylation is 1. The lowest BCUT2D eigenvalue weighted by molar-refractivity contribution is -0.127. The number of rotatable bonds is 5. The second-order valence-corrected chi connectivity index (χ2v) is 5.49. The number of nitrogens with zero attached hydrogens (tertiary/aromatic N) is 1. The highest BCUT2D eigenvalue weighted by Gasteiger charge is 2.15. The molecule has 1 aromatic carbocycles. The van der Waals surface area contributed by atoms with Crippen LogP contribution >= 0.6 is 11.6 Å². The SMILES string of the molecule is C/C(=N\NC(=O)C(C)Oc1ccc(Cl)cc1C)C(C)C. The maximum atomic E-state index is 11.9. The lowest BCUT2D eigenvalue weighted by Gasteiger charge is -2.15. The molecule has 20 heavy (non-hydrogen) atoms. The van der Waals surface area contributed by atoms with Crippen molar-refractivity contribution in [1.29, 1.82) is 0 Å². The fourth-order valence-electron chi connectivity index (χ4n) is 1.35. The van der Waals surface area contributed by atoms with Crippen molar-refractivity contribution in [3.05, 3.63) is 28.8 Å². The van der Waals surface area contributed by atoms with Crippen LogP contribution in [0, 0.1) is 12.8 Å². The summed E-state index contributed by atoms with van der Waals surface area (Å²) in [6, 6.07) is 5.28. The van der Waals surface area contributed by atoms with Crippen molar-refractivity contribution in [1.82, 2.24) is 5.43 Å². The normalized spacial score (nSPS) is 13.2. The highest BCUT2D eigenvalue weighted by atomic mass is 35.5. The van der Waals surface area contributed by atoms with Crippen molar-refractivity contribution in [3.63, 3.8) is 0 Å². The first-order valence-corrected chi connectivity index (χ1v) is 6.96. The van der Waals surface area contributed by atoms with Gasteiger partial charge in [-0.2, -0.15) is 5.10 Å². The molecule has 0 aliphatic rings. The van der Waals surface area contributed by atoms with E-state index in [1.165, 1.54) is 0 Å². The number of amides is 1. The minimum atomic E-state index is -0.626. The highest BCUT2D eigenvalue weighted by molar-refractivity contribution is 6.30. The summed E-state index contributed by atoms with van der Waals surface area (Å²) in [4.78, 5) is 11.9. The molecule has 0 saturated carbocycles. The summed E-state index contributed by atoms with van der Waals surface area (Å²) >= 11 is 5.88. The molecular weight excluding hydrogens is 276 g/mol. The molecule has 0 fully saturated rings. The van der Waals surface area contributed by atoms with Crippen LogP contribution in [-0.2, 0) is 4.79 Å². The second kappa shape index (κ2) is 7.29. The van der Waals surface area contributed by atoms with Gasteiger partial charge < -0.3 is 4.74 Å². The minimum absolute atomic E-state index is 0.278. The molecule has 0 spiro atoms. The number of halogens is 1. The van der Waals surface area contributed by atoms with E-state index in [1.54, 1.807) is 25.1 Å². The van der Waals surface area contributed by atoms with Gasteiger partial charge in [-0.25, -0.2) is 5.43 Å². The molecule has 4 nitrogen and oxygen atoms in total. The number of carbonyl (C=O) groups is 1. The van der Waals surface area contributed by atoms with E-state index in [-0.39, 0.29) is 5.91 Å². The Morgan fingerprint density at radius 2 is 2.00 bits per heavy atom. The van der Waals surface area contributed by atoms with Gasteiger partial charge in [0.15, 0.2) is 6.10 Å². The third-order valence-corrected chi connectivity index (χ3v) is 3.22. The van der Waals surface area contributed by atoms with Crippen LogP contribution in [0.25, 0.3) is 0 Å². The standard InChI is InChI=1S/C15H21ClN2O2/c1-9(2)11(4)17-18-15(19)12(5)20-14-7-6-13(16)8-10(14)3/h6-9,12H,1-5H3,(H,18,19)/b17-11+. The molecule has 0 saturated heterocycles. The summed E-state index contributed by atoms with van der Waals surface area (Å²) in [5.41, 5.74) is 4.27. The number of nitrogens with one attached hydrogen (secondary N) is 1. The summed E-state index contributed by atoms with van der Waals surface area (Å²) < 4.78 is 5.61. The topological polar surface area (TPSA) is 50.7 Å². The van der Waals surface area contributed by atoms with Gasteiger partial charge in [0, 0.05) is 10.7 Å². The third kappa shape index (κ3) is 4.85. The fraction of sp³-hybridized carbons (Fsp3) is 0.467. The summed E-state index contributed by atoms with van der Waals surface area (Å²) in [5, 5.41) is 4.68. The largest absolute Gasteiger partial charge is 0.481 e. The van der Waals surface area contributed by atoms with Gasteiger partial charge in [0.25, 0.3) is 5.91 Å². The lowest BCUT2D eigenvalue weighted by Crippen LogP contribution is -2.34. The first-order valence-electron chi connectivity index (χ1n) is 6.58. The van der Waals surface area contributed by atoms with Crippen molar-refractivity contribution in [3.8, 4) is 5.75 Å².